The van der Waals surface area contributed by atoms with Crippen LogP contribution in [-0.4, -0.2) is 13.9 Å². The summed E-state index contributed by atoms with van der Waals surface area (Å²) in [7, 11) is -6.13. The lowest BCUT2D eigenvalue weighted by Crippen LogP contribution is -2.28. The molecule has 10 heteroatoms. The highest BCUT2D eigenvalue weighted by Gasteiger charge is 2.49. The van der Waals surface area contributed by atoms with Crippen LogP contribution < -0.4 is 4.18 Å². The number of hydrogen-bond acceptors (Lipinski definition) is 3. The molecule has 0 bridgehead atoms. The Hall–Kier alpha value is -2.75. The van der Waals surface area contributed by atoms with Gasteiger partial charge >= 0.3 is 15.6 Å². The molecule has 3 rings (SSSR count). The first-order chi connectivity index (χ1) is 13.9. The van der Waals surface area contributed by atoms with E-state index in [-0.39, 0.29) is 16.5 Å². The van der Waals surface area contributed by atoms with E-state index >= 15 is 0 Å². The van der Waals surface area contributed by atoms with Gasteiger partial charge in [0.1, 0.15) is 11.6 Å². The van der Waals surface area contributed by atoms with E-state index in [4.69, 9.17) is 0 Å². The third-order valence-corrected chi connectivity index (χ3v) is 5.30. The third-order valence-electron chi connectivity index (χ3n) is 4.34. The van der Waals surface area contributed by atoms with Crippen molar-refractivity contribution in [2.45, 2.75) is 25.3 Å². The third kappa shape index (κ3) is 4.09. The smallest absolute Gasteiger partial charge is 0.373 e. The van der Waals surface area contributed by atoms with Crippen molar-refractivity contribution in [2.24, 2.45) is 0 Å². The van der Waals surface area contributed by atoms with Crippen LogP contribution in [0.15, 0.2) is 42.5 Å². The molecule has 0 aliphatic carbocycles. The molecule has 0 radical (unpaired) electrons. The van der Waals surface area contributed by atoms with Crippen molar-refractivity contribution in [1.29, 1.82) is 0 Å². The van der Waals surface area contributed by atoms with Gasteiger partial charge in [-0.1, -0.05) is 31.5 Å². The fourth-order valence-corrected chi connectivity index (χ4v) is 3.43. The van der Waals surface area contributed by atoms with Gasteiger partial charge in [0.25, 0.3) is 0 Å². The van der Waals surface area contributed by atoms with Crippen LogP contribution in [0.4, 0.5) is 26.3 Å². The summed E-state index contributed by atoms with van der Waals surface area (Å²) in [6.45, 7) is 1.93. The lowest BCUT2D eigenvalue weighted by molar-refractivity contribution is -0.0500. The van der Waals surface area contributed by atoms with Crippen molar-refractivity contribution < 1.29 is 38.9 Å². The molecule has 0 spiro atoms. The van der Waals surface area contributed by atoms with Gasteiger partial charge in [-0.25, -0.2) is 13.2 Å². The van der Waals surface area contributed by atoms with Crippen molar-refractivity contribution >= 4 is 20.9 Å². The maximum Gasteiger partial charge on any atom is 0.534 e. The Balaban J connectivity index is 2.08. The summed E-state index contributed by atoms with van der Waals surface area (Å²) in [5, 5.41) is -0.895. The fourth-order valence-electron chi connectivity index (χ4n) is 2.97. The first kappa shape index (κ1) is 21.9. The van der Waals surface area contributed by atoms with Crippen molar-refractivity contribution in [3.63, 3.8) is 0 Å². The molecule has 30 heavy (non-hydrogen) atoms. The van der Waals surface area contributed by atoms with E-state index in [0.717, 1.165) is 24.1 Å². The van der Waals surface area contributed by atoms with E-state index < -0.39 is 44.2 Å². The van der Waals surface area contributed by atoms with Crippen LogP contribution in [0.5, 0.6) is 5.75 Å². The second-order valence-electron chi connectivity index (χ2n) is 6.48. The quantitative estimate of drug-likeness (QED) is 0.269. The van der Waals surface area contributed by atoms with Gasteiger partial charge in [-0.2, -0.15) is 21.6 Å². The van der Waals surface area contributed by atoms with Gasteiger partial charge in [0, 0.05) is 5.56 Å². The van der Waals surface area contributed by atoms with Crippen LogP contribution >= 0.6 is 0 Å². The Kier molecular flexibility index (Phi) is 5.72. The zero-order chi connectivity index (χ0) is 22.3. The van der Waals surface area contributed by atoms with E-state index in [1.54, 1.807) is 6.07 Å². The van der Waals surface area contributed by atoms with Crippen LogP contribution in [0.3, 0.4) is 0 Å². The predicted octanol–water partition coefficient (Wildman–Crippen LogP) is 6.11. The van der Waals surface area contributed by atoms with E-state index in [2.05, 4.69) is 4.18 Å². The zero-order valence-corrected chi connectivity index (χ0v) is 16.2. The largest absolute Gasteiger partial charge is 0.534 e. The van der Waals surface area contributed by atoms with E-state index in [1.165, 1.54) is 18.2 Å². The van der Waals surface area contributed by atoms with Crippen molar-refractivity contribution in [3.05, 3.63) is 65.5 Å². The fraction of sp³-hybridized carbons (Fsp3) is 0.200. The minimum Gasteiger partial charge on any atom is -0.373 e. The van der Waals surface area contributed by atoms with Gasteiger partial charge in [0.15, 0.2) is 11.6 Å². The van der Waals surface area contributed by atoms with Gasteiger partial charge in [-0.15, -0.1) is 0 Å². The SMILES string of the molecule is CCCc1ccc(-c2cc(F)c3c(F)c(OS(=O)(=O)C(F)(F)F)ccc3c2)c(F)c1. The maximum atomic E-state index is 14.6. The molecule has 160 valence electrons. The molecule has 0 unspecified atom stereocenters. The summed E-state index contributed by atoms with van der Waals surface area (Å²) in [5.41, 5.74) is -4.90. The first-order valence-electron chi connectivity index (χ1n) is 8.66. The van der Waals surface area contributed by atoms with Gasteiger partial charge in [-0.3, -0.25) is 0 Å². The summed E-state index contributed by atoms with van der Waals surface area (Å²) in [6, 6.07) is 8.09. The number of alkyl halides is 3. The van der Waals surface area contributed by atoms with Crippen LogP contribution in [0, 0.1) is 17.5 Å². The minimum atomic E-state index is -6.13. The average molecular weight is 448 g/mol. The Bertz CT molecular complexity index is 1220. The molecule has 0 amide bonds. The van der Waals surface area contributed by atoms with E-state index in [0.29, 0.717) is 12.5 Å². The Morgan fingerprint density at radius 3 is 2.23 bits per heavy atom. The molecular formula is C20H14F6O3S. The Morgan fingerprint density at radius 2 is 1.63 bits per heavy atom. The van der Waals surface area contributed by atoms with E-state index in [9.17, 15) is 34.8 Å². The second kappa shape index (κ2) is 7.82. The molecule has 0 heterocycles. The lowest BCUT2D eigenvalue weighted by atomic mass is 9.98. The molecule has 0 saturated carbocycles. The minimum absolute atomic E-state index is 0.0519. The van der Waals surface area contributed by atoms with Gasteiger partial charge < -0.3 is 4.18 Å². The maximum absolute atomic E-state index is 14.6. The van der Waals surface area contributed by atoms with Gasteiger partial charge in [-0.05, 0) is 47.2 Å². The topological polar surface area (TPSA) is 43.4 Å². The van der Waals surface area contributed by atoms with E-state index in [1.807, 2.05) is 6.92 Å². The van der Waals surface area contributed by atoms with Crippen LogP contribution in [0.1, 0.15) is 18.9 Å². The number of halogens is 6. The number of aryl methyl sites for hydroxylation is 1. The molecule has 0 aromatic heterocycles. The monoisotopic (exact) mass is 448 g/mol. The number of fused-ring (bicyclic) bond motifs is 1. The second-order valence-corrected chi connectivity index (χ2v) is 8.02. The van der Waals surface area contributed by atoms with Crippen molar-refractivity contribution in [2.75, 3.05) is 0 Å². The molecule has 0 atom stereocenters. The number of rotatable bonds is 5. The van der Waals surface area contributed by atoms with Crippen LogP contribution in [0.25, 0.3) is 21.9 Å². The zero-order valence-electron chi connectivity index (χ0n) is 15.4. The Morgan fingerprint density at radius 1 is 0.933 bits per heavy atom. The van der Waals surface area contributed by atoms with Crippen molar-refractivity contribution in [3.8, 4) is 16.9 Å². The molecular weight excluding hydrogens is 434 g/mol. The summed E-state index contributed by atoms with van der Waals surface area (Å²) < 4.78 is 107. The van der Waals surface area contributed by atoms with Gasteiger partial charge in [0.05, 0.1) is 5.39 Å². The molecule has 0 fully saturated rings. The van der Waals surface area contributed by atoms with Gasteiger partial charge in [0.2, 0.25) is 0 Å². The lowest BCUT2D eigenvalue weighted by Gasteiger charge is -2.13. The van der Waals surface area contributed by atoms with Crippen molar-refractivity contribution in [1.82, 2.24) is 0 Å². The highest BCUT2D eigenvalue weighted by molar-refractivity contribution is 7.88. The molecule has 0 aliphatic heterocycles. The standard InChI is InChI=1S/C20H14F6O3S/c1-2-3-11-4-6-14(15(21)8-11)13-9-12-5-7-17(19(23)18(12)16(22)10-13)29-30(27,28)20(24,25)26/h4-10H,2-3H2,1H3. The molecule has 3 aromatic rings. The van der Waals surface area contributed by atoms with Crippen LogP contribution in [0.2, 0.25) is 0 Å². The molecule has 0 aliphatic rings. The normalized spacial score (nSPS) is 12.4. The molecule has 3 nitrogen and oxygen atoms in total. The average Bonchev–Trinajstić information content (AvgIpc) is 2.63. The first-order valence-corrected chi connectivity index (χ1v) is 10.1. The predicted molar refractivity (Wildman–Crippen MR) is 98.9 cm³/mol. The summed E-state index contributed by atoms with van der Waals surface area (Å²) in [4.78, 5) is 0. The Labute approximate surface area is 168 Å². The number of hydrogen-bond donors (Lipinski definition) is 0. The highest BCUT2D eigenvalue weighted by Crippen LogP contribution is 2.35. The number of benzene rings is 3. The van der Waals surface area contributed by atoms with Crippen LogP contribution in [-0.2, 0) is 16.5 Å². The molecule has 0 saturated heterocycles. The summed E-state index contributed by atoms with van der Waals surface area (Å²) >= 11 is 0. The summed E-state index contributed by atoms with van der Waals surface area (Å²) in [5.74, 6) is -4.76. The summed E-state index contributed by atoms with van der Waals surface area (Å²) in [6.07, 6.45) is 1.45. The molecule has 0 N–H and O–H groups in total. The highest BCUT2D eigenvalue weighted by atomic mass is 32.2. The molecule has 3 aromatic carbocycles.